The van der Waals surface area contributed by atoms with Gasteiger partial charge in [-0.3, -0.25) is 4.79 Å². The molecule has 1 N–H and O–H groups in total. The van der Waals surface area contributed by atoms with E-state index >= 15 is 0 Å². The Morgan fingerprint density at radius 1 is 1.57 bits per heavy atom. The molecule has 0 aromatic heterocycles. The summed E-state index contributed by atoms with van der Waals surface area (Å²) in [6.07, 6.45) is 0.603. The van der Waals surface area contributed by atoms with Gasteiger partial charge in [-0.05, 0) is 13.3 Å². The molecule has 5 heteroatoms. The molecule has 0 spiro atoms. The molecule has 2 unspecified atom stereocenters. The molecular weight excluding hydrogens is 223 g/mol. The van der Waals surface area contributed by atoms with Crippen LogP contribution in [0, 0.1) is 5.92 Å². The lowest BCUT2D eigenvalue weighted by molar-refractivity contribution is -0.135. The van der Waals surface area contributed by atoms with E-state index in [0.29, 0.717) is 6.42 Å². The summed E-state index contributed by atoms with van der Waals surface area (Å²) in [5, 5.41) is 3.24. The van der Waals surface area contributed by atoms with Gasteiger partial charge in [0.1, 0.15) is 4.33 Å². The third kappa shape index (κ3) is 1.86. The molecule has 0 bridgehead atoms. The minimum atomic E-state index is -0.790. The number of amides is 1. The van der Waals surface area contributed by atoms with Crippen LogP contribution >= 0.6 is 23.2 Å². The van der Waals surface area contributed by atoms with Crippen molar-refractivity contribution < 1.29 is 4.79 Å². The Kier molecular flexibility index (Phi) is 2.66. The highest BCUT2D eigenvalue weighted by Crippen LogP contribution is 2.54. The first kappa shape index (κ1) is 10.5. The van der Waals surface area contributed by atoms with Gasteiger partial charge in [-0.1, -0.05) is 0 Å². The van der Waals surface area contributed by atoms with Crippen LogP contribution in [0.5, 0.6) is 0 Å². The van der Waals surface area contributed by atoms with E-state index in [1.54, 1.807) is 0 Å². The Morgan fingerprint density at radius 2 is 2.21 bits per heavy atom. The standard InChI is InChI=1S/C9H14Cl2N2O/c1-6-5-12-2-3-13(6)8(14)7-4-9(7,10)11/h6-7,12H,2-5H2,1H3. The normalized spacial score (nSPS) is 35.5. The van der Waals surface area contributed by atoms with Crippen molar-refractivity contribution >= 4 is 29.1 Å². The maximum Gasteiger partial charge on any atom is 0.229 e. The summed E-state index contributed by atoms with van der Waals surface area (Å²) in [5.41, 5.74) is 0. The first-order valence-electron chi connectivity index (χ1n) is 4.91. The quantitative estimate of drug-likeness (QED) is 0.690. The molecule has 0 aromatic carbocycles. The second-order valence-corrected chi connectivity index (χ2v) is 5.64. The van der Waals surface area contributed by atoms with E-state index in [1.807, 2.05) is 11.8 Å². The maximum atomic E-state index is 11.9. The summed E-state index contributed by atoms with van der Waals surface area (Å²) >= 11 is 11.7. The van der Waals surface area contributed by atoms with Gasteiger partial charge in [0.15, 0.2) is 0 Å². The predicted octanol–water partition coefficient (Wildman–Crippen LogP) is 1.00. The summed E-state index contributed by atoms with van der Waals surface area (Å²) in [5.74, 6) is -0.0598. The van der Waals surface area contributed by atoms with E-state index in [-0.39, 0.29) is 17.9 Å². The number of alkyl halides is 2. The van der Waals surface area contributed by atoms with Gasteiger partial charge in [-0.25, -0.2) is 0 Å². The van der Waals surface area contributed by atoms with Crippen molar-refractivity contribution in [3.63, 3.8) is 0 Å². The Morgan fingerprint density at radius 3 is 2.71 bits per heavy atom. The molecule has 1 heterocycles. The van der Waals surface area contributed by atoms with Crippen molar-refractivity contribution in [2.24, 2.45) is 5.92 Å². The average Bonchev–Trinajstić information content (AvgIpc) is 2.75. The number of hydrogen-bond donors (Lipinski definition) is 1. The second kappa shape index (κ2) is 3.54. The zero-order valence-corrected chi connectivity index (χ0v) is 9.61. The number of nitrogens with zero attached hydrogens (tertiary/aromatic N) is 1. The number of nitrogens with one attached hydrogen (secondary N) is 1. The number of rotatable bonds is 1. The number of halogens is 2. The topological polar surface area (TPSA) is 32.3 Å². The van der Waals surface area contributed by atoms with Crippen LogP contribution in [-0.2, 0) is 4.79 Å². The van der Waals surface area contributed by atoms with E-state index < -0.39 is 4.33 Å². The number of carbonyl (C=O) groups excluding carboxylic acids is 1. The third-order valence-electron chi connectivity index (χ3n) is 2.91. The summed E-state index contributed by atoms with van der Waals surface area (Å²) < 4.78 is -0.790. The lowest BCUT2D eigenvalue weighted by Gasteiger charge is -2.34. The van der Waals surface area contributed by atoms with Gasteiger partial charge in [0.2, 0.25) is 5.91 Å². The first-order valence-corrected chi connectivity index (χ1v) is 5.67. The van der Waals surface area contributed by atoms with Gasteiger partial charge in [0.05, 0.1) is 5.92 Å². The van der Waals surface area contributed by atoms with Crippen molar-refractivity contribution in [3.05, 3.63) is 0 Å². The van der Waals surface area contributed by atoms with Crippen LogP contribution in [0.2, 0.25) is 0 Å². The first-order chi connectivity index (χ1) is 6.52. The largest absolute Gasteiger partial charge is 0.337 e. The van der Waals surface area contributed by atoms with E-state index in [4.69, 9.17) is 23.2 Å². The molecule has 1 aliphatic heterocycles. The summed E-state index contributed by atoms with van der Waals surface area (Å²) in [6, 6.07) is 0.251. The second-order valence-electron chi connectivity index (χ2n) is 4.10. The molecule has 1 saturated carbocycles. The van der Waals surface area contributed by atoms with Crippen LogP contribution in [0.1, 0.15) is 13.3 Å². The van der Waals surface area contributed by atoms with Crippen molar-refractivity contribution in [2.45, 2.75) is 23.7 Å². The van der Waals surface area contributed by atoms with Gasteiger partial charge in [0.25, 0.3) is 0 Å². The van der Waals surface area contributed by atoms with Crippen molar-refractivity contribution in [1.82, 2.24) is 10.2 Å². The Labute approximate surface area is 93.7 Å². The van der Waals surface area contributed by atoms with Gasteiger partial charge < -0.3 is 10.2 Å². The van der Waals surface area contributed by atoms with Gasteiger partial charge >= 0.3 is 0 Å². The zero-order valence-electron chi connectivity index (χ0n) is 8.09. The van der Waals surface area contributed by atoms with Crippen LogP contribution in [0.3, 0.4) is 0 Å². The van der Waals surface area contributed by atoms with E-state index in [1.165, 1.54) is 0 Å². The van der Waals surface area contributed by atoms with Crippen LogP contribution in [0.4, 0.5) is 0 Å². The maximum absolute atomic E-state index is 11.9. The molecule has 0 aromatic rings. The molecule has 2 atom stereocenters. The Balaban J connectivity index is 1.97. The van der Waals surface area contributed by atoms with Crippen LogP contribution in [0.15, 0.2) is 0 Å². The van der Waals surface area contributed by atoms with Crippen LogP contribution < -0.4 is 5.32 Å². The highest BCUT2D eigenvalue weighted by molar-refractivity contribution is 6.52. The Hall–Kier alpha value is 0.01000. The lowest BCUT2D eigenvalue weighted by Crippen LogP contribution is -2.53. The number of hydrogen-bond acceptors (Lipinski definition) is 2. The monoisotopic (exact) mass is 236 g/mol. The third-order valence-corrected chi connectivity index (χ3v) is 3.74. The fourth-order valence-electron chi connectivity index (χ4n) is 1.85. The fourth-order valence-corrected chi connectivity index (χ4v) is 2.35. The summed E-state index contributed by atoms with van der Waals surface area (Å²) in [4.78, 5) is 13.8. The molecule has 14 heavy (non-hydrogen) atoms. The minimum absolute atomic E-state index is 0.115. The zero-order chi connectivity index (χ0) is 10.3. The SMILES string of the molecule is CC1CNCCN1C(=O)C1CC1(Cl)Cl. The van der Waals surface area contributed by atoms with Gasteiger partial charge in [-0.15, -0.1) is 23.2 Å². The molecule has 2 rings (SSSR count). The molecular formula is C9H14Cl2N2O. The van der Waals surface area contributed by atoms with Gasteiger partial charge in [-0.2, -0.15) is 0 Å². The molecule has 0 radical (unpaired) electrons. The number of carbonyl (C=O) groups is 1. The molecule has 80 valence electrons. The highest BCUT2D eigenvalue weighted by Gasteiger charge is 2.57. The van der Waals surface area contributed by atoms with Crippen molar-refractivity contribution in [2.75, 3.05) is 19.6 Å². The smallest absolute Gasteiger partial charge is 0.229 e. The summed E-state index contributed by atoms with van der Waals surface area (Å²) in [7, 11) is 0. The minimum Gasteiger partial charge on any atom is -0.337 e. The molecule has 1 saturated heterocycles. The van der Waals surface area contributed by atoms with Crippen LogP contribution in [-0.4, -0.2) is 40.8 Å². The van der Waals surface area contributed by atoms with E-state index in [9.17, 15) is 4.79 Å². The Bertz CT molecular complexity index is 257. The average molecular weight is 237 g/mol. The van der Waals surface area contributed by atoms with Crippen molar-refractivity contribution in [3.8, 4) is 0 Å². The van der Waals surface area contributed by atoms with E-state index in [2.05, 4.69) is 5.32 Å². The highest BCUT2D eigenvalue weighted by atomic mass is 35.5. The van der Waals surface area contributed by atoms with Crippen LogP contribution in [0.25, 0.3) is 0 Å². The molecule has 1 aliphatic carbocycles. The molecule has 3 nitrogen and oxygen atoms in total. The number of piperazine rings is 1. The summed E-state index contributed by atoms with van der Waals surface area (Å²) in [6.45, 7) is 4.52. The van der Waals surface area contributed by atoms with E-state index in [0.717, 1.165) is 19.6 Å². The molecule has 2 aliphatic rings. The predicted molar refractivity (Wildman–Crippen MR) is 56.6 cm³/mol. The molecule has 1 amide bonds. The van der Waals surface area contributed by atoms with Crippen molar-refractivity contribution in [1.29, 1.82) is 0 Å². The lowest BCUT2D eigenvalue weighted by atomic mass is 10.2. The molecule has 2 fully saturated rings. The fraction of sp³-hybridized carbons (Fsp3) is 0.889. The van der Waals surface area contributed by atoms with Gasteiger partial charge in [0, 0.05) is 25.7 Å².